The minimum atomic E-state index is -4.61. The molecule has 1 fully saturated rings. The number of alkyl halides is 3. The number of hydrogen-bond donors (Lipinski definition) is 2. The first kappa shape index (κ1) is 27.5. The molecule has 2 aliphatic rings. The highest BCUT2D eigenvalue weighted by Crippen LogP contribution is 2.53. The van der Waals surface area contributed by atoms with Gasteiger partial charge in [0.25, 0.3) is 5.91 Å². The second-order valence-corrected chi connectivity index (χ2v) is 11.0. The summed E-state index contributed by atoms with van der Waals surface area (Å²) in [7, 11) is 1.47. The Kier molecular flexibility index (Phi) is 6.95. The molecule has 1 saturated heterocycles. The number of imide groups is 3. The number of benzene rings is 2. The van der Waals surface area contributed by atoms with Crippen molar-refractivity contribution in [3.05, 3.63) is 74.2 Å². The van der Waals surface area contributed by atoms with Crippen LogP contribution in [0, 0.1) is 5.92 Å². The van der Waals surface area contributed by atoms with Crippen molar-refractivity contribution in [2.24, 2.45) is 11.7 Å². The summed E-state index contributed by atoms with van der Waals surface area (Å²) in [5, 5.41) is 1.49. The highest BCUT2D eigenvalue weighted by atomic mass is 32.2. The summed E-state index contributed by atoms with van der Waals surface area (Å²) < 4.78 is 45.5. The number of ether oxygens (including phenoxy) is 1. The van der Waals surface area contributed by atoms with E-state index in [-0.39, 0.29) is 10.7 Å². The number of nitrogens with one attached hydrogen (secondary N) is 1. The molecule has 15 heteroatoms. The average Bonchev–Trinajstić information content (AvgIpc) is 3.34. The van der Waals surface area contributed by atoms with Crippen molar-refractivity contribution < 1.29 is 37.1 Å². The summed E-state index contributed by atoms with van der Waals surface area (Å²) in [6, 6.07) is 9.43. The zero-order valence-electron chi connectivity index (χ0n) is 20.4. The molecule has 40 heavy (non-hydrogen) atoms. The van der Waals surface area contributed by atoms with E-state index in [0.717, 1.165) is 45.9 Å². The van der Waals surface area contributed by atoms with Crippen LogP contribution in [0.15, 0.2) is 58.4 Å². The molecule has 10 nitrogen and oxygen atoms in total. The number of methoxy groups -OCH3 is 1. The number of primary amides is 1. The van der Waals surface area contributed by atoms with E-state index in [9.17, 15) is 37.1 Å². The number of thioether (sulfide) groups is 1. The molecule has 0 aliphatic carbocycles. The molecular weight excluding hydrogens is 573 g/mol. The predicted octanol–water partition coefficient (Wildman–Crippen LogP) is 3.25. The molecule has 0 saturated carbocycles. The molecule has 5 amide bonds. The Balaban J connectivity index is 1.52. The van der Waals surface area contributed by atoms with Crippen molar-refractivity contribution in [2.45, 2.75) is 28.9 Å². The first-order valence-corrected chi connectivity index (χ1v) is 13.3. The summed E-state index contributed by atoms with van der Waals surface area (Å²) in [5.41, 5.74) is 4.80. The molecule has 3 N–H and O–H groups in total. The lowest BCUT2D eigenvalue weighted by Crippen LogP contribution is -2.41. The van der Waals surface area contributed by atoms with E-state index >= 15 is 0 Å². The van der Waals surface area contributed by atoms with Gasteiger partial charge in [-0.15, -0.1) is 0 Å². The van der Waals surface area contributed by atoms with Crippen LogP contribution in [0.4, 0.5) is 23.7 Å². The number of halogens is 3. The number of carbonyl (C=O) groups excluding carboxylic acids is 4. The van der Waals surface area contributed by atoms with Crippen molar-refractivity contribution in [3.63, 3.8) is 0 Å². The second-order valence-electron chi connectivity index (χ2n) is 8.92. The molecule has 2 aliphatic heterocycles. The summed E-state index contributed by atoms with van der Waals surface area (Å²) in [6.45, 7) is -0.567. The largest absolute Gasteiger partial charge is 0.497 e. The van der Waals surface area contributed by atoms with Crippen LogP contribution in [0.25, 0.3) is 0 Å². The maximum Gasteiger partial charge on any atom is 0.416 e. The van der Waals surface area contributed by atoms with Crippen LogP contribution in [0.3, 0.4) is 0 Å². The molecule has 0 radical (unpaired) electrons. The Morgan fingerprint density at radius 3 is 2.40 bits per heavy atom. The Morgan fingerprint density at radius 2 is 1.77 bits per heavy atom. The van der Waals surface area contributed by atoms with Gasteiger partial charge in [0.1, 0.15) is 17.5 Å². The monoisotopic (exact) mass is 592 g/mol. The molecule has 3 heterocycles. The number of anilines is 1. The Morgan fingerprint density at radius 1 is 1.07 bits per heavy atom. The molecule has 3 aromatic rings. The van der Waals surface area contributed by atoms with Gasteiger partial charge in [-0.1, -0.05) is 41.3 Å². The molecule has 1 aromatic heterocycles. The van der Waals surface area contributed by atoms with Gasteiger partial charge in [0, 0.05) is 16.5 Å². The maximum atomic E-state index is 13.2. The molecule has 2 aromatic carbocycles. The molecular formula is C25H19F3N4O6S2. The van der Waals surface area contributed by atoms with Crippen molar-refractivity contribution >= 4 is 52.5 Å². The number of rotatable bonds is 5. The normalized spacial score (nSPS) is 20.2. The van der Waals surface area contributed by atoms with E-state index in [1.165, 1.54) is 13.2 Å². The summed E-state index contributed by atoms with van der Waals surface area (Å²) >= 11 is 1.64. The van der Waals surface area contributed by atoms with Crippen LogP contribution < -0.4 is 20.7 Å². The zero-order chi connectivity index (χ0) is 28.9. The van der Waals surface area contributed by atoms with E-state index in [4.69, 9.17) is 10.5 Å². The van der Waals surface area contributed by atoms with Gasteiger partial charge in [0.15, 0.2) is 0 Å². The zero-order valence-corrected chi connectivity index (χ0v) is 22.1. The molecule has 208 valence electrons. The van der Waals surface area contributed by atoms with Crippen molar-refractivity contribution in [1.29, 1.82) is 0 Å². The van der Waals surface area contributed by atoms with Gasteiger partial charge < -0.3 is 15.8 Å². The van der Waals surface area contributed by atoms with E-state index in [2.05, 4.69) is 5.32 Å². The highest BCUT2D eigenvalue weighted by molar-refractivity contribution is 8.00. The average molecular weight is 593 g/mol. The quantitative estimate of drug-likeness (QED) is 0.434. The fourth-order valence-electron chi connectivity index (χ4n) is 4.76. The lowest BCUT2D eigenvalue weighted by atomic mass is 9.83. The van der Waals surface area contributed by atoms with Gasteiger partial charge in [-0.05, 0) is 35.9 Å². The molecule has 3 unspecified atom stereocenters. The SMILES string of the molecule is COc1ccc(C2c3sc(=O)n(CC(=O)Nc4cccc(C(F)(F)F)c4)c3SC3C(=O)N(C(N)=O)C(=O)C32)cc1. The van der Waals surface area contributed by atoms with E-state index in [1.54, 1.807) is 24.3 Å². The molecule has 5 rings (SSSR count). The number of urea groups is 1. The summed E-state index contributed by atoms with van der Waals surface area (Å²) in [6.07, 6.45) is -4.61. The lowest BCUT2D eigenvalue weighted by molar-refractivity contribution is -0.138. The number of aromatic nitrogens is 1. The van der Waals surface area contributed by atoms with Crippen LogP contribution in [-0.4, -0.2) is 45.6 Å². The molecule has 3 atom stereocenters. The number of nitrogens with two attached hydrogens (primary N) is 1. The van der Waals surface area contributed by atoms with Gasteiger partial charge in [-0.3, -0.25) is 23.7 Å². The first-order valence-electron chi connectivity index (χ1n) is 11.6. The number of amides is 5. The number of hydrogen-bond acceptors (Lipinski definition) is 8. The smallest absolute Gasteiger partial charge is 0.416 e. The van der Waals surface area contributed by atoms with Crippen LogP contribution in [0.5, 0.6) is 5.75 Å². The fraction of sp³-hybridized carbons (Fsp3) is 0.240. The Bertz CT molecular complexity index is 1600. The van der Waals surface area contributed by atoms with Crippen LogP contribution in [0.2, 0.25) is 0 Å². The van der Waals surface area contributed by atoms with Crippen molar-refractivity contribution in [1.82, 2.24) is 9.47 Å². The van der Waals surface area contributed by atoms with Gasteiger partial charge >= 0.3 is 17.1 Å². The van der Waals surface area contributed by atoms with Crippen molar-refractivity contribution in [3.8, 4) is 5.75 Å². The van der Waals surface area contributed by atoms with Crippen LogP contribution >= 0.6 is 23.1 Å². The van der Waals surface area contributed by atoms with Crippen LogP contribution in [0.1, 0.15) is 21.9 Å². The van der Waals surface area contributed by atoms with Gasteiger partial charge in [0.05, 0.1) is 23.6 Å². The second kappa shape index (κ2) is 10.1. The highest BCUT2D eigenvalue weighted by Gasteiger charge is 2.57. The van der Waals surface area contributed by atoms with Gasteiger partial charge in [0.2, 0.25) is 11.8 Å². The third-order valence-corrected chi connectivity index (χ3v) is 9.12. The Hall–Kier alpha value is -4.11. The van der Waals surface area contributed by atoms with Gasteiger partial charge in [-0.2, -0.15) is 18.1 Å². The summed E-state index contributed by atoms with van der Waals surface area (Å²) in [4.78, 5) is 64.4. The number of thiazole rings is 1. The minimum absolute atomic E-state index is 0.116. The van der Waals surface area contributed by atoms with E-state index in [1.807, 2.05) is 0 Å². The topological polar surface area (TPSA) is 141 Å². The van der Waals surface area contributed by atoms with Crippen LogP contribution in [-0.2, 0) is 27.1 Å². The first-order chi connectivity index (χ1) is 18.9. The third-order valence-electron chi connectivity index (χ3n) is 6.52. The standard InChI is InChI=1S/C25H19F3N4O6S2/c1-38-14-7-5-11(6-8-14)16-17-18(21(35)32(20(17)34)23(29)36)39-22-19(16)40-24(37)31(22)10-15(33)30-13-4-2-3-12(9-13)25(26,27)28/h2-9,16-18H,10H2,1H3,(H2,29,36)(H,30,33). The van der Waals surface area contributed by atoms with E-state index < -0.39 is 64.0 Å². The lowest BCUT2D eigenvalue weighted by Gasteiger charge is -2.30. The number of likely N-dealkylation sites (tertiary alicyclic amines) is 1. The van der Waals surface area contributed by atoms with Gasteiger partial charge in [-0.25, -0.2) is 4.79 Å². The molecule has 0 spiro atoms. The maximum absolute atomic E-state index is 13.2. The Labute approximate surface area is 231 Å². The molecule has 0 bridgehead atoms. The van der Waals surface area contributed by atoms with Crippen molar-refractivity contribution in [2.75, 3.05) is 12.4 Å². The predicted molar refractivity (Wildman–Crippen MR) is 138 cm³/mol. The number of carbonyl (C=O) groups is 4. The third kappa shape index (κ3) is 4.75. The van der Waals surface area contributed by atoms with E-state index in [0.29, 0.717) is 21.1 Å². The fourth-order valence-corrected chi connectivity index (χ4v) is 7.53. The number of fused-ring (bicyclic) bond motifs is 2. The minimum Gasteiger partial charge on any atom is -0.497 e. The summed E-state index contributed by atoms with van der Waals surface area (Å²) in [5.74, 6) is -3.75. The number of nitrogens with zero attached hydrogens (tertiary/aromatic N) is 2.